The molecule has 0 spiro atoms. The van der Waals surface area contributed by atoms with E-state index in [4.69, 9.17) is 11.6 Å². The second kappa shape index (κ2) is 9.27. The number of pyridine rings is 2. The fraction of sp³-hybridized carbons (Fsp3) is 0.115. The average Bonchev–Trinajstić information content (AvgIpc) is 2.86. The Balaban J connectivity index is 1.77. The number of halogens is 1. The third-order valence-electron chi connectivity index (χ3n) is 5.82. The quantitative estimate of drug-likeness (QED) is 0.328. The Morgan fingerprint density at radius 3 is 2.56 bits per heavy atom. The SMILES string of the molecule is CC(=O)Nc1cccc2c(Cl)c(C(C)Nc3ncnc4[nH]ccc(=O)c34)n(-c3ccccc3)c(=O)c12. The molecule has 3 N–H and O–H groups in total. The second-order valence-corrected chi connectivity index (χ2v) is 8.62. The topological polar surface area (TPSA) is 122 Å². The molecule has 0 aliphatic rings. The molecule has 3 heterocycles. The summed E-state index contributed by atoms with van der Waals surface area (Å²) in [6, 6.07) is 15.0. The van der Waals surface area contributed by atoms with Crippen molar-refractivity contribution in [2.75, 3.05) is 10.6 Å². The first-order valence-corrected chi connectivity index (χ1v) is 11.5. The van der Waals surface area contributed by atoms with Gasteiger partial charge in [0.1, 0.15) is 23.2 Å². The summed E-state index contributed by atoms with van der Waals surface area (Å²) in [5.74, 6) is 0.00817. The fourth-order valence-electron chi connectivity index (χ4n) is 4.32. The van der Waals surface area contributed by atoms with Crippen molar-refractivity contribution >= 4 is 50.8 Å². The maximum Gasteiger partial charge on any atom is 0.265 e. The van der Waals surface area contributed by atoms with E-state index in [9.17, 15) is 14.4 Å². The van der Waals surface area contributed by atoms with Crippen LogP contribution in [0, 0.1) is 0 Å². The van der Waals surface area contributed by atoms with E-state index in [1.54, 1.807) is 30.3 Å². The van der Waals surface area contributed by atoms with Crippen LogP contribution in [-0.4, -0.2) is 25.4 Å². The van der Waals surface area contributed by atoms with Gasteiger partial charge in [-0.1, -0.05) is 41.9 Å². The highest BCUT2D eigenvalue weighted by atomic mass is 35.5. The molecule has 10 heteroatoms. The smallest absolute Gasteiger partial charge is 0.265 e. The molecule has 1 amide bonds. The van der Waals surface area contributed by atoms with Crippen molar-refractivity contribution in [3.63, 3.8) is 0 Å². The fourth-order valence-corrected chi connectivity index (χ4v) is 4.73. The van der Waals surface area contributed by atoms with Gasteiger partial charge in [-0.25, -0.2) is 9.97 Å². The molecule has 180 valence electrons. The molecular weight excluding hydrogens is 480 g/mol. The highest BCUT2D eigenvalue weighted by Gasteiger charge is 2.24. The van der Waals surface area contributed by atoms with Crippen LogP contribution in [0.15, 0.2) is 76.7 Å². The van der Waals surface area contributed by atoms with Gasteiger partial charge < -0.3 is 15.6 Å². The van der Waals surface area contributed by atoms with E-state index in [2.05, 4.69) is 25.6 Å². The van der Waals surface area contributed by atoms with Gasteiger partial charge in [0, 0.05) is 30.3 Å². The van der Waals surface area contributed by atoms with Crippen molar-refractivity contribution in [2.24, 2.45) is 0 Å². The van der Waals surface area contributed by atoms with Crippen LogP contribution < -0.4 is 21.6 Å². The highest BCUT2D eigenvalue weighted by molar-refractivity contribution is 6.36. The lowest BCUT2D eigenvalue weighted by molar-refractivity contribution is -0.114. The summed E-state index contributed by atoms with van der Waals surface area (Å²) in [6.07, 6.45) is 2.87. The number of nitrogens with zero attached hydrogens (tertiary/aromatic N) is 3. The van der Waals surface area contributed by atoms with E-state index in [1.807, 2.05) is 25.1 Å². The molecule has 0 bridgehead atoms. The Morgan fingerprint density at radius 2 is 1.81 bits per heavy atom. The summed E-state index contributed by atoms with van der Waals surface area (Å²) in [5, 5.41) is 7.39. The average molecular weight is 501 g/mol. The summed E-state index contributed by atoms with van der Waals surface area (Å²) < 4.78 is 1.52. The molecule has 0 radical (unpaired) electrons. The number of carbonyl (C=O) groups excluding carboxylic acids is 1. The maximum absolute atomic E-state index is 14.0. The largest absolute Gasteiger partial charge is 0.361 e. The number of hydrogen-bond acceptors (Lipinski definition) is 6. The highest BCUT2D eigenvalue weighted by Crippen LogP contribution is 2.35. The van der Waals surface area contributed by atoms with Gasteiger partial charge in [0.2, 0.25) is 5.91 Å². The van der Waals surface area contributed by atoms with Crippen molar-refractivity contribution in [2.45, 2.75) is 19.9 Å². The van der Waals surface area contributed by atoms with Crippen molar-refractivity contribution < 1.29 is 4.79 Å². The molecule has 5 aromatic rings. The predicted octanol–water partition coefficient (Wildman–Crippen LogP) is 4.41. The lowest BCUT2D eigenvalue weighted by Gasteiger charge is -2.24. The number of hydrogen-bond donors (Lipinski definition) is 3. The monoisotopic (exact) mass is 500 g/mol. The summed E-state index contributed by atoms with van der Waals surface area (Å²) in [7, 11) is 0. The van der Waals surface area contributed by atoms with Crippen LogP contribution in [0.1, 0.15) is 25.6 Å². The number of H-pyrrole nitrogens is 1. The number of nitrogens with one attached hydrogen (secondary N) is 3. The Bertz CT molecular complexity index is 1740. The lowest BCUT2D eigenvalue weighted by atomic mass is 10.1. The van der Waals surface area contributed by atoms with Crippen molar-refractivity contribution in [1.29, 1.82) is 0 Å². The van der Waals surface area contributed by atoms with E-state index in [0.717, 1.165) is 0 Å². The number of anilines is 2. The molecule has 0 saturated heterocycles. The molecule has 3 aromatic heterocycles. The number of aromatic amines is 1. The zero-order valence-electron chi connectivity index (χ0n) is 19.4. The third-order valence-corrected chi connectivity index (χ3v) is 6.22. The molecule has 0 aliphatic carbocycles. The zero-order valence-corrected chi connectivity index (χ0v) is 20.1. The summed E-state index contributed by atoms with van der Waals surface area (Å²) in [4.78, 5) is 49.7. The minimum Gasteiger partial charge on any atom is -0.361 e. The van der Waals surface area contributed by atoms with Gasteiger partial charge in [0.25, 0.3) is 5.56 Å². The van der Waals surface area contributed by atoms with Crippen molar-refractivity contribution in [3.8, 4) is 5.69 Å². The molecule has 1 atom stereocenters. The summed E-state index contributed by atoms with van der Waals surface area (Å²) >= 11 is 6.97. The first-order valence-electron chi connectivity index (χ1n) is 11.2. The standard InChI is InChI=1S/C26H21ClN6O3/c1-14(31-25-21-19(35)11-12-28-24(21)29-13-30-25)23-22(27)17-9-6-10-18(32-15(2)34)20(17)26(36)33(23)16-7-4-3-5-8-16/h3-14H,1-2H3,(H,32,34)(H2,28,29,30,31,35). The number of rotatable bonds is 5. The molecule has 0 aliphatic heterocycles. The molecule has 2 aromatic carbocycles. The Kier molecular flexibility index (Phi) is 5.99. The first-order chi connectivity index (χ1) is 17.4. The van der Waals surface area contributed by atoms with Gasteiger partial charge in [-0.2, -0.15) is 0 Å². The van der Waals surface area contributed by atoms with Crippen molar-refractivity contribution in [1.82, 2.24) is 19.5 Å². The van der Waals surface area contributed by atoms with Crippen LogP contribution in [0.5, 0.6) is 0 Å². The minimum atomic E-state index is -0.558. The van der Waals surface area contributed by atoms with E-state index in [0.29, 0.717) is 49.7 Å². The van der Waals surface area contributed by atoms with Gasteiger partial charge in [-0.15, -0.1) is 0 Å². The number of benzene rings is 2. The third kappa shape index (κ3) is 3.99. The Hall–Kier alpha value is -4.50. The zero-order chi connectivity index (χ0) is 25.4. The van der Waals surface area contributed by atoms with E-state index in [1.165, 1.54) is 30.1 Å². The van der Waals surface area contributed by atoms with Gasteiger partial charge in [0.15, 0.2) is 5.43 Å². The number of amides is 1. The Labute approximate surface area is 209 Å². The number of carbonyl (C=O) groups is 1. The van der Waals surface area contributed by atoms with Gasteiger partial charge in [0.05, 0.1) is 27.8 Å². The molecule has 5 rings (SSSR count). The van der Waals surface area contributed by atoms with E-state index < -0.39 is 6.04 Å². The molecule has 1 unspecified atom stereocenters. The van der Waals surface area contributed by atoms with Crippen LogP contribution >= 0.6 is 11.6 Å². The van der Waals surface area contributed by atoms with Gasteiger partial charge in [-0.05, 0) is 25.1 Å². The Morgan fingerprint density at radius 1 is 1.03 bits per heavy atom. The van der Waals surface area contributed by atoms with Crippen LogP contribution in [0.25, 0.3) is 27.5 Å². The van der Waals surface area contributed by atoms with Crippen molar-refractivity contribution in [3.05, 3.63) is 98.4 Å². The summed E-state index contributed by atoms with van der Waals surface area (Å²) in [6.45, 7) is 3.21. The normalized spacial score (nSPS) is 12.0. The summed E-state index contributed by atoms with van der Waals surface area (Å²) in [5.41, 5.74) is 1.23. The molecule has 0 fully saturated rings. The van der Waals surface area contributed by atoms with E-state index in [-0.39, 0.29) is 16.9 Å². The molecule has 36 heavy (non-hydrogen) atoms. The molecule has 9 nitrogen and oxygen atoms in total. The minimum absolute atomic E-state index is 0.246. The van der Waals surface area contributed by atoms with Crippen LogP contribution in [-0.2, 0) is 4.79 Å². The number of aromatic nitrogens is 4. The first kappa shape index (κ1) is 23.3. The van der Waals surface area contributed by atoms with Gasteiger partial charge in [-0.3, -0.25) is 19.0 Å². The molecular formula is C26H21ClN6O3. The maximum atomic E-state index is 14.0. The van der Waals surface area contributed by atoms with Crippen LogP contribution in [0.4, 0.5) is 11.5 Å². The molecule has 0 saturated carbocycles. The van der Waals surface area contributed by atoms with Crippen LogP contribution in [0.2, 0.25) is 5.02 Å². The lowest BCUT2D eigenvalue weighted by Crippen LogP contribution is -2.27. The second-order valence-electron chi connectivity index (χ2n) is 8.24. The van der Waals surface area contributed by atoms with Gasteiger partial charge >= 0.3 is 0 Å². The van der Waals surface area contributed by atoms with E-state index >= 15 is 0 Å². The predicted molar refractivity (Wildman–Crippen MR) is 141 cm³/mol. The number of fused-ring (bicyclic) bond motifs is 2. The number of para-hydroxylation sites is 1. The van der Waals surface area contributed by atoms with Crippen LogP contribution in [0.3, 0.4) is 0 Å².